The number of carbonyl (C=O) groups excluding carboxylic acids is 2. The molecule has 4 nitrogen and oxygen atoms in total. The molecule has 0 spiro atoms. The van der Waals surface area contributed by atoms with Crippen LogP contribution in [0.5, 0.6) is 0 Å². The Morgan fingerprint density at radius 2 is 2.00 bits per heavy atom. The summed E-state index contributed by atoms with van der Waals surface area (Å²) >= 11 is 0. The Morgan fingerprint density at radius 3 is 2.33 bits per heavy atom. The van der Waals surface area contributed by atoms with Gasteiger partial charge in [-0.25, -0.2) is 9.18 Å². The molecule has 0 aliphatic heterocycles. The average Bonchev–Trinajstić information content (AvgIpc) is 1.99. The van der Waals surface area contributed by atoms with Gasteiger partial charge in [0.2, 0.25) is 5.91 Å². The van der Waals surface area contributed by atoms with Crippen molar-refractivity contribution >= 4 is 11.9 Å². The number of ether oxygens (including phenoxy) is 1. The van der Waals surface area contributed by atoms with Crippen molar-refractivity contribution in [2.75, 3.05) is 6.61 Å². The second-order valence-electron chi connectivity index (χ2n) is 3.93. The Bertz CT molecular complexity index is 235. The van der Waals surface area contributed by atoms with Gasteiger partial charge in [-0.2, -0.15) is 0 Å². The van der Waals surface area contributed by atoms with Crippen molar-refractivity contribution in [2.45, 2.75) is 45.8 Å². The molecule has 0 aliphatic rings. The predicted octanol–water partition coefficient (Wildman–Crippen LogP) is 1.19. The standard InChI is InChI=1S/C10H18FNO3/c1-5-15-9(14)8(12-7(2)13)6-10(3,4)11/h8H,5-6H2,1-4H3,(H,12,13)/t8-/m0/s1. The molecule has 0 radical (unpaired) electrons. The molecular weight excluding hydrogens is 201 g/mol. The summed E-state index contributed by atoms with van der Waals surface area (Å²) in [4.78, 5) is 22.2. The van der Waals surface area contributed by atoms with Gasteiger partial charge in [0, 0.05) is 13.3 Å². The fourth-order valence-corrected chi connectivity index (χ4v) is 1.17. The van der Waals surface area contributed by atoms with Crippen LogP contribution in [0.15, 0.2) is 0 Å². The van der Waals surface area contributed by atoms with Crippen molar-refractivity contribution in [3.8, 4) is 0 Å². The summed E-state index contributed by atoms with van der Waals surface area (Å²) in [6.45, 7) is 5.84. The lowest BCUT2D eigenvalue weighted by atomic mass is 10.0. The number of hydrogen-bond acceptors (Lipinski definition) is 3. The number of nitrogens with one attached hydrogen (secondary N) is 1. The van der Waals surface area contributed by atoms with Gasteiger partial charge in [0.05, 0.1) is 6.61 Å². The molecule has 0 aromatic rings. The largest absolute Gasteiger partial charge is 0.464 e. The number of rotatable bonds is 5. The van der Waals surface area contributed by atoms with E-state index < -0.39 is 17.7 Å². The van der Waals surface area contributed by atoms with E-state index in [1.54, 1.807) is 6.92 Å². The highest BCUT2D eigenvalue weighted by Crippen LogP contribution is 2.17. The van der Waals surface area contributed by atoms with Crippen LogP contribution in [0, 0.1) is 0 Å². The zero-order valence-electron chi connectivity index (χ0n) is 9.59. The second-order valence-corrected chi connectivity index (χ2v) is 3.93. The summed E-state index contributed by atoms with van der Waals surface area (Å²) < 4.78 is 18.1. The van der Waals surface area contributed by atoms with Crippen molar-refractivity contribution in [2.24, 2.45) is 0 Å². The Kier molecular flexibility index (Phi) is 5.25. The first kappa shape index (κ1) is 13.9. The zero-order valence-corrected chi connectivity index (χ0v) is 9.59. The molecule has 0 saturated carbocycles. The van der Waals surface area contributed by atoms with E-state index in [2.05, 4.69) is 5.32 Å². The van der Waals surface area contributed by atoms with Crippen LogP contribution in [0.2, 0.25) is 0 Å². The van der Waals surface area contributed by atoms with Crippen LogP contribution >= 0.6 is 0 Å². The molecule has 1 atom stereocenters. The molecule has 1 N–H and O–H groups in total. The van der Waals surface area contributed by atoms with Crippen molar-refractivity contribution in [3.63, 3.8) is 0 Å². The van der Waals surface area contributed by atoms with E-state index in [-0.39, 0.29) is 18.9 Å². The van der Waals surface area contributed by atoms with Gasteiger partial charge in [-0.1, -0.05) is 0 Å². The van der Waals surface area contributed by atoms with Crippen LogP contribution in [0.1, 0.15) is 34.1 Å². The smallest absolute Gasteiger partial charge is 0.328 e. The maximum absolute atomic E-state index is 13.3. The van der Waals surface area contributed by atoms with Crippen LogP contribution in [0.25, 0.3) is 0 Å². The molecule has 0 unspecified atom stereocenters. The van der Waals surface area contributed by atoms with Crippen LogP contribution in [0.4, 0.5) is 4.39 Å². The van der Waals surface area contributed by atoms with Gasteiger partial charge in [-0.05, 0) is 20.8 Å². The first-order chi connectivity index (χ1) is 6.76. The number of amides is 1. The van der Waals surface area contributed by atoms with E-state index >= 15 is 0 Å². The molecule has 0 aliphatic carbocycles. The zero-order chi connectivity index (χ0) is 12.1. The minimum absolute atomic E-state index is 0.0919. The number of carbonyl (C=O) groups is 2. The quantitative estimate of drug-likeness (QED) is 0.707. The third-order valence-electron chi connectivity index (χ3n) is 1.64. The maximum Gasteiger partial charge on any atom is 0.328 e. The molecule has 15 heavy (non-hydrogen) atoms. The summed E-state index contributed by atoms with van der Waals surface area (Å²) in [5, 5.41) is 2.37. The molecule has 0 aromatic carbocycles. The van der Waals surface area contributed by atoms with Crippen molar-refractivity contribution in [3.05, 3.63) is 0 Å². The lowest BCUT2D eigenvalue weighted by Crippen LogP contribution is -2.44. The SMILES string of the molecule is CCOC(=O)[C@H](CC(C)(C)F)NC(C)=O. The lowest BCUT2D eigenvalue weighted by molar-refractivity contribution is -0.148. The topological polar surface area (TPSA) is 55.4 Å². The monoisotopic (exact) mass is 219 g/mol. The number of halogens is 1. The lowest BCUT2D eigenvalue weighted by Gasteiger charge is -2.22. The minimum Gasteiger partial charge on any atom is -0.464 e. The predicted molar refractivity (Wildman–Crippen MR) is 54.0 cm³/mol. The number of alkyl halides is 1. The van der Waals surface area contributed by atoms with Crippen LogP contribution in [-0.2, 0) is 14.3 Å². The van der Waals surface area contributed by atoms with E-state index in [1.807, 2.05) is 0 Å². The van der Waals surface area contributed by atoms with Crippen LogP contribution < -0.4 is 5.32 Å². The van der Waals surface area contributed by atoms with E-state index in [4.69, 9.17) is 4.74 Å². The van der Waals surface area contributed by atoms with Gasteiger partial charge in [0.1, 0.15) is 11.7 Å². The molecule has 0 aromatic heterocycles. The molecule has 0 fully saturated rings. The maximum atomic E-state index is 13.3. The highest BCUT2D eigenvalue weighted by Gasteiger charge is 2.29. The van der Waals surface area contributed by atoms with Gasteiger partial charge < -0.3 is 10.1 Å². The minimum atomic E-state index is -1.53. The second kappa shape index (κ2) is 5.68. The number of hydrogen-bond donors (Lipinski definition) is 1. The fraction of sp³-hybridized carbons (Fsp3) is 0.800. The highest BCUT2D eigenvalue weighted by molar-refractivity contribution is 5.83. The van der Waals surface area contributed by atoms with E-state index in [1.165, 1.54) is 20.8 Å². The average molecular weight is 219 g/mol. The molecule has 88 valence electrons. The molecular formula is C10H18FNO3. The van der Waals surface area contributed by atoms with Gasteiger partial charge in [-0.3, -0.25) is 4.79 Å². The summed E-state index contributed by atoms with van der Waals surface area (Å²) in [7, 11) is 0. The van der Waals surface area contributed by atoms with Crippen molar-refractivity contribution < 1.29 is 18.7 Å². The van der Waals surface area contributed by atoms with E-state index in [0.29, 0.717) is 0 Å². The summed E-state index contributed by atoms with van der Waals surface area (Å²) in [5.41, 5.74) is -1.53. The van der Waals surface area contributed by atoms with Gasteiger partial charge in [0.25, 0.3) is 0 Å². The Morgan fingerprint density at radius 1 is 1.47 bits per heavy atom. The Balaban J connectivity index is 4.44. The molecule has 5 heteroatoms. The van der Waals surface area contributed by atoms with Crippen LogP contribution in [0.3, 0.4) is 0 Å². The Hall–Kier alpha value is -1.13. The molecule has 0 heterocycles. The fourth-order valence-electron chi connectivity index (χ4n) is 1.17. The highest BCUT2D eigenvalue weighted by atomic mass is 19.1. The number of esters is 1. The summed E-state index contributed by atoms with van der Waals surface area (Å²) in [6.07, 6.45) is -0.0919. The third kappa shape index (κ3) is 6.88. The molecule has 0 bridgehead atoms. The molecule has 0 saturated heterocycles. The van der Waals surface area contributed by atoms with Crippen molar-refractivity contribution in [1.82, 2.24) is 5.32 Å². The van der Waals surface area contributed by atoms with Crippen molar-refractivity contribution in [1.29, 1.82) is 0 Å². The Labute approximate surface area is 89.2 Å². The normalized spacial score (nSPS) is 13.1. The third-order valence-corrected chi connectivity index (χ3v) is 1.64. The summed E-state index contributed by atoms with van der Waals surface area (Å²) in [5.74, 6) is -0.976. The van der Waals surface area contributed by atoms with Gasteiger partial charge in [-0.15, -0.1) is 0 Å². The summed E-state index contributed by atoms with van der Waals surface area (Å²) in [6, 6.07) is -0.914. The van der Waals surface area contributed by atoms with Gasteiger partial charge in [0.15, 0.2) is 0 Å². The molecule has 0 rings (SSSR count). The van der Waals surface area contributed by atoms with Crippen LogP contribution in [-0.4, -0.2) is 30.2 Å². The molecule has 1 amide bonds. The first-order valence-electron chi connectivity index (χ1n) is 4.89. The van der Waals surface area contributed by atoms with E-state index in [9.17, 15) is 14.0 Å². The first-order valence-corrected chi connectivity index (χ1v) is 4.89. The van der Waals surface area contributed by atoms with Gasteiger partial charge >= 0.3 is 5.97 Å². The van der Waals surface area contributed by atoms with E-state index in [0.717, 1.165) is 0 Å².